The van der Waals surface area contributed by atoms with Gasteiger partial charge in [0.2, 0.25) is 0 Å². The minimum Gasteiger partial charge on any atom is -0.372 e. The van der Waals surface area contributed by atoms with Crippen molar-refractivity contribution < 1.29 is 4.74 Å². The molecule has 0 radical (unpaired) electrons. The van der Waals surface area contributed by atoms with Gasteiger partial charge in [-0.3, -0.25) is 0 Å². The molecule has 8 heavy (non-hydrogen) atoms. The van der Waals surface area contributed by atoms with Gasteiger partial charge in [0, 0.05) is 19.5 Å². The molecular weight excluding hydrogens is 102 g/mol. The SMILES string of the molecule is CN1CC2CC(C1)O2. The maximum absolute atomic E-state index is 5.40. The van der Waals surface area contributed by atoms with Gasteiger partial charge in [0.05, 0.1) is 12.2 Å². The summed E-state index contributed by atoms with van der Waals surface area (Å²) < 4.78 is 5.40. The second-order valence-corrected chi connectivity index (χ2v) is 2.84. The number of piperidine rings is 1. The van der Waals surface area contributed by atoms with Gasteiger partial charge in [0.25, 0.3) is 0 Å². The first-order chi connectivity index (χ1) is 3.84. The summed E-state index contributed by atoms with van der Waals surface area (Å²) in [5.41, 5.74) is 0. The van der Waals surface area contributed by atoms with E-state index in [1.54, 1.807) is 0 Å². The lowest BCUT2D eigenvalue weighted by molar-refractivity contribution is -0.175. The number of hydrogen-bond acceptors (Lipinski definition) is 2. The first-order valence-corrected chi connectivity index (χ1v) is 3.18. The molecule has 3 rings (SSSR count). The summed E-state index contributed by atoms with van der Waals surface area (Å²) in [5, 5.41) is 0. The van der Waals surface area contributed by atoms with Crippen LogP contribution in [-0.2, 0) is 4.74 Å². The van der Waals surface area contributed by atoms with Crippen LogP contribution in [0.25, 0.3) is 0 Å². The third-order valence-corrected chi connectivity index (χ3v) is 1.94. The Morgan fingerprint density at radius 3 is 2.12 bits per heavy atom. The first-order valence-electron chi connectivity index (χ1n) is 3.18. The summed E-state index contributed by atoms with van der Waals surface area (Å²) in [4.78, 5) is 2.34. The van der Waals surface area contributed by atoms with Crippen LogP contribution in [0.4, 0.5) is 0 Å². The molecule has 0 aliphatic carbocycles. The molecule has 2 atom stereocenters. The Hall–Kier alpha value is -0.0800. The maximum Gasteiger partial charge on any atom is 0.0731 e. The monoisotopic (exact) mass is 113 g/mol. The molecule has 3 saturated heterocycles. The lowest BCUT2D eigenvalue weighted by Crippen LogP contribution is -2.55. The molecular formula is C6H11NO. The van der Waals surface area contributed by atoms with Gasteiger partial charge in [-0.25, -0.2) is 0 Å². The predicted octanol–water partition coefficient (Wildman–Crippen LogP) is 0.0893. The van der Waals surface area contributed by atoms with Gasteiger partial charge >= 0.3 is 0 Å². The van der Waals surface area contributed by atoms with E-state index in [1.165, 1.54) is 6.42 Å². The van der Waals surface area contributed by atoms with E-state index in [4.69, 9.17) is 4.74 Å². The molecule has 0 aromatic rings. The van der Waals surface area contributed by atoms with Crippen LogP contribution in [0.5, 0.6) is 0 Å². The molecule has 46 valence electrons. The molecule has 3 heterocycles. The fourth-order valence-corrected chi connectivity index (χ4v) is 1.56. The highest BCUT2D eigenvalue weighted by atomic mass is 16.5. The summed E-state index contributed by atoms with van der Waals surface area (Å²) in [6.45, 7) is 2.30. The standard InChI is InChI=1S/C6H11NO/c1-7-3-5-2-6(4-7)8-5/h5-6H,2-4H2,1H3. The molecule has 2 heteroatoms. The Balaban J connectivity index is 1.97. The van der Waals surface area contributed by atoms with Crippen molar-refractivity contribution in [2.24, 2.45) is 0 Å². The highest BCUT2D eigenvalue weighted by Gasteiger charge is 2.36. The Kier molecular flexibility index (Phi) is 0.866. The number of morpholine rings is 1. The van der Waals surface area contributed by atoms with Gasteiger partial charge in [0.15, 0.2) is 0 Å². The number of ether oxygens (including phenoxy) is 1. The van der Waals surface area contributed by atoms with E-state index in [1.807, 2.05) is 0 Å². The zero-order chi connectivity index (χ0) is 5.56. The summed E-state index contributed by atoms with van der Waals surface area (Å²) in [5.74, 6) is 0. The molecule has 3 fully saturated rings. The van der Waals surface area contributed by atoms with E-state index >= 15 is 0 Å². The Labute approximate surface area is 49.4 Å². The number of nitrogens with zero attached hydrogens (tertiary/aromatic N) is 1. The van der Waals surface area contributed by atoms with Crippen molar-refractivity contribution in [3.05, 3.63) is 0 Å². The lowest BCUT2D eigenvalue weighted by Gasteiger charge is -2.45. The second-order valence-electron chi connectivity index (χ2n) is 2.84. The van der Waals surface area contributed by atoms with Gasteiger partial charge in [-0.2, -0.15) is 0 Å². The quantitative estimate of drug-likeness (QED) is 0.441. The van der Waals surface area contributed by atoms with Crippen molar-refractivity contribution in [2.75, 3.05) is 20.1 Å². The number of fused-ring (bicyclic) bond motifs is 2. The molecule has 0 amide bonds. The van der Waals surface area contributed by atoms with Gasteiger partial charge < -0.3 is 9.64 Å². The summed E-state index contributed by atoms with van der Waals surface area (Å²) in [6, 6.07) is 0. The van der Waals surface area contributed by atoms with Crippen LogP contribution >= 0.6 is 0 Å². The average molecular weight is 113 g/mol. The summed E-state index contributed by atoms with van der Waals surface area (Å²) in [6.07, 6.45) is 2.47. The van der Waals surface area contributed by atoms with E-state index in [2.05, 4.69) is 11.9 Å². The number of hydrogen-bond donors (Lipinski definition) is 0. The largest absolute Gasteiger partial charge is 0.372 e. The zero-order valence-electron chi connectivity index (χ0n) is 5.13. The van der Waals surface area contributed by atoms with E-state index < -0.39 is 0 Å². The van der Waals surface area contributed by atoms with E-state index in [0.717, 1.165) is 13.1 Å². The average Bonchev–Trinajstić information content (AvgIpc) is 1.62. The number of likely N-dealkylation sites (N-methyl/N-ethyl adjacent to an activating group) is 1. The molecule has 0 aromatic heterocycles. The van der Waals surface area contributed by atoms with E-state index in [0.29, 0.717) is 12.2 Å². The minimum absolute atomic E-state index is 0.582. The third-order valence-electron chi connectivity index (χ3n) is 1.94. The van der Waals surface area contributed by atoms with Crippen molar-refractivity contribution in [1.82, 2.24) is 4.90 Å². The molecule has 0 spiro atoms. The fraction of sp³-hybridized carbons (Fsp3) is 1.00. The zero-order valence-corrected chi connectivity index (χ0v) is 5.13. The fourth-order valence-electron chi connectivity index (χ4n) is 1.56. The smallest absolute Gasteiger partial charge is 0.0731 e. The molecule has 3 aliphatic rings. The Bertz CT molecular complexity index is 88.7. The number of rotatable bonds is 0. The molecule has 0 aromatic carbocycles. The van der Waals surface area contributed by atoms with Gasteiger partial charge in [-0.05, 0) is 7.05 Å². The van der Waals surface area contributed by atoms with Crippen LogP contribution in [-0.4, -0.2) is 37.2 Å². The van der Waals surface area contributed by atoms with Crippen molar-refractivity contribution in [3.63, 3.8) is 0 Å². The van der Waals surface area contributed by atoms with E-state index in [9.17, 15) is 0 Å². The third kappa shape index (κ3) is 0.565. The van der Waals surface area contributed by atoms with Crippen LogP contribution in [0.3, 0.4) is 0 Å². The molecule has 2 bridgehead atoms. The molecule has 0 saturated carbocycles. The molecule has 2 nitrogen and oxygen atoms in total. The van der Waals surface area contributed by atoms with Crippen molar-refractivity contribution in [2.45, 2.75) is 18.6 Å². The van der Waals surface area contributed by atoms with Gasteiger partial charge in [-0.1, -0.05) is 0 Å². The highest BCUT2D eigenvalue weighted by Crippen LogP contribution is 2.26. The minimum atomic E-state index is 0.582. The van der Waals surface area contributed by atoms with Crippen molar-refractivity contribution >= 4 is 0 Å². The topological polar surface area (TPSA) is 12.5 Å². The van der Waals surface area contributed by atoms with Crippen molar-refractivity contribution in [1.29, 1.82) is 0 Å². The van der Waals surface area contributed by atoms with E-state index in [-0.39, 0.29) is 0 Å². The van der Waals surface area contributed by atoms with Crippen molar-refractivity contribution in [3.8, 4) is 0 Å². The van der Waals surface area contributed by atoms with Crippen LogP contribution < -0.4 is 0 Å². The first kappa shape index (κ1) is 4.77. The second kappa shape index (κ2) is 1.45. The van der Waals surface area contributed by atoms with Crippen LogP contribution in [0, 0.1) is 0 Å². The van der Waals surface area contributed by atoms with Crippen LogP contribution in [0.1, 0.15) is 6.42 Å². The maximum atomic E-state index is 5.40. The van der Waals surface area contributed by atoms with Crippen LogP contribution in [0.2, 0.25) is 0 Å². The predicted molar refractivity (Wildman–Crippen MR) is 30.8 cm³/mol. The molecule has 0 N–H and O–H groups in total. The summed E-state index contributed by atoms with van der Waals surface area (Å²) in [7, 11) is 2.15. The molecule has 3 aliphatic heterocycles. The molecule has 2 unspecified atom stereocenters. The normalized spacial score (nSPS) is 46.1. The van der Waals surface area contributed by atoms with Gasteiger partial charge in [-0.15, -0.1) is 0 Å². The Morgan fingerprint density at radius 1 is 1.38 bits per heavy atom. The lowest BCUT2D eigenvalue weighted by atomic mass is 10.00. The van der Waals surface area contributed by atoms with Gasteiger partial charge in [0.1, 0.15) is 0 Å². The summed E-state index contributed by atoms with van der Waals surface area (Å²) >= 11 is 0. The van der Waals surface area contributed by atoms with Crippen LogP contribution in [0.15, 0.2) is 0 Å². The highest BCUT2D eigenvalue weighted by molar-refractivity contribution is 4.87. The Morgan fingerprint density at radius 2 is 1.88 bits per heavy atom.